The van der Waals surface area contributed by atoms with Gasteiger partial charge < -0.3 is 10.4 Å². The number of nitrogens with one attached hydrogen (secondary N) is 1. The Labute approximate surface area is 182 Å². The summed E-state index contributed by atoms with van der Waals surface area (Å²) in [6, 6.07) is 26.7. The molecule has 3 aromatic carbocycles. The predicted molar refractivity (Wildman–Crippen MR) is 122 cm³/mol. The number of carbonyl (C=O) groups is 2. The molecule has 0 spiro atoms. The number of aryl methyl sites for hydroxylation is 1. The second-order valence-electron chi connectivity index (χ2n) is 7.95. The number of amides is 1. The Hall–Kier alpha value is -3.66. The third-order valence-electron chi connectivity index (χ3n) is 6.05. The maximum absolute atomic E-state index is 13.6. The number of aliphatic carboxylic acids is 1. The lowest BCUT2D eigenvalue weighted by Crippen LogP contribution is -2.42. The van der Waals surface area contributed by atoms with E-state index in [0.29, 0.717) is 5.69 Å². The van der Waals surface area contributed by atoms with Crippen molar-refractivity contribution >= 4 is 17.6 Å². The van der Waals surface area contributed by atoms with Gasteiger partial charge in [0.05, 0.1) is 11.8 Å². The molecule has 3 aromatic rings. The molecule has 0 saturated heterocycles. The average Bonchev–Trinajstić information content (AvgIpc) is 2.80. The van der Waals surface area contributed by atoms with Crippen LogP contribution in [0, 0.1) is 18.8 Å². The Balaban J connectivity index is 1.79. The first kappa shape index (κ1) is 20.6. The number of allylic oxidation sites excluding steroid dienone is 2. The second kappa shape index (κ2) is 9.00. The molecule has 4 heteroatoms. The molecular weight excluding hydrogens is 386 g/mol. The van der Waals surface area contributed by atoms with E-state index in [4.69, 9.17) is 0 Å². The molecule has 4 rings (SSSR count). The standard InChI is InChI=1S/C27H25NO3/c1-18-10-8-9-15-23(18)28-26(29)24-21(19-11-4-2-5-12-19)16-17-22(25(24)27(30)31)20-13-6-3-7-14-20/h2-17,21-22,24-25H,1H3,(H,28,29)(H,30,31)/t21-,22+,24+,25+/m0/s1. The molecule has 0 aliphatic heterocycles. The Morgan fingerprint density at radius 2 is 1.19 bits per heavy atom. The van der Waals surface area contributed by atoms with E-state index in [2.05, 4.69) is 5.32 Å². The number of para-hydroxylation sites is 1. The summed E-state index contributed by atoms with van der Waals surface area (Å²) in [4.78, 5) is 26.1. The number of anilines is 1. The molecule has 0 bridgehead atoms. The number of carboxylic acids is 1. The highest BCUT2D eigenvalue weighted by molar-refractivity contribution is 5.97. The third kappa shape index (κ3) is 4.29. The van der Waals surface area contributed by atoms with E-state index in [9.17, 15) is 14.7 Å². The zero-order valence-electron chi connectivity index (χ0n) is 17.3. The summed E-state index contributed by atoms with van der Waals surface area (Å²) in [5.74, 6) is -3.60. The molecule has 4 nitrogen and oxygen atoms in total. The smallest absolute Gasteiger partial charge is 0.308 e. The first-order valence-electron chi connectivity index (χ1n) is 10.4. The van der Waals surface area contributed by atoms with Crippen molar-refractivity contribution in [3.63, 3.8) is 0 Å². The molecule has 4 atom stereocenters. The summed E-state index contributed by atoms with van der Waals surface area (Å²) in [7, 11) is 0. The van der Waals surface area contributed by atoms with Gasteiger partial charge in [-0.15, -0.1) is 0 Å². The topological polar surface area (TPSA) is 66.4 Å². The van der Waals surface area contributed by atoms with Crippen molar-refractivity contribution in [1.29, 1.82) is 0 Å². The SMILES string of the molecule is Cc1ccccc1NC(=O)[C@H]1[C@H](C(=O)O)[C@@H](c2ccccc2)C=C[C@H]1c1ccccc1. The lowest BCUT2D eigenvalue weighted by Gasteiger charge is -2.37. The molecule has 0 saturated carbocycles. The van der Waals surface area contributed by atoms with Crippen LogP contribution < -0.4 is 5.32 Å². The van der Waals surface area contributed by atoms with Crippen LogP contribution in [0.15, 0.2) is 97.1 Å². The van der Waals surface area contributed by atoms with Gasteiger partial charge in [0, 0.05) is 17.5 Å². The molecule has 1 aliphatic carbocycles. The predicted octanol–water partition coefficient (Wildman–Crippen LogP) is 5.39. The van der Waals surface area contributed by atoms with Gasteiger partial charge >= 0.3 is 5.97 Å². The highest BCUT2D eigenvalue weighted by Crippen LogP contribution is 2.45. The number of carboxylic acid groups (broad SMARTS) is 1. The maximum Gasteiger partial charge on any atom is 0.308 e. The molecule has 1 amide bonds. The molecule has 0 aromatic heterocycles. The highest BCUT2D eigenvalue weighted by Gasteiger charge is 2.46. The first-order chi connectivity index (χ1) is 15.1. The molecule has 1 aliphatic rings. The first-order valence-corrected chi connectivity index (χ1v) is 10.4. The molecule has 0 fully saturated rings. The summed E-state index contributed by atoms with van der Waals surface area (Å²) in [5, 5.41) is 13.3. The van der Waals surface area contributed by atoms with Gasteiger partial charge in [-0.05, 0) is 29.7 Å². The van der Waals surface area contributed by atoms with Gasteiger partial charge in [-0.1, -0.05) is 91.0 Å². The van der Waals surface area contributed by atoms with Crippen LogP contribution >= 0.6 is 0 Å². The van der Waals surface area contributed by atoms with Crippen molar-refractivity contribution in [3.8, 4) is 0 Å². The van der Waals surface area contributed by atoms with Crippen molar-refractivity contribution in [3.05, 3.63) is 114 Å². The van der Waals surface area contributed by atoms with Crippen LogP contribution in [0.5, 0.6) is 0 Å². The molecule has 0 unspecified atom stereocenters. The zero-order chi connectivity index (χ0) is 21.8. The van der Waals surface area contributed by atoms with Crippen LogP contribution in [0.1, 0.15) is 28.5 Å². The highest BCUT2D eigenvalue weighted by atomic mass is 16.4. The van der Waals surface area contributed by atoms with Gasteiger partial charge in [0.15, 0.2) is 0 Å². The lowest BCUT2D eigenvalue weighted by atomic mass is 9.66. The van der Waals surface area contributed by atoms with Crippen LogP contribution in [0.2, 0.25) is 0 Å². The summed E-state index contributed by atoms with van der Waals surface area (Å²) in [6.45, 7) is 1.92. The van der Waals surface area contributed by atoms with E-state index >= 15 is 0 Å². The van der Waals surface area contributed by atoms with Crippen LogP contribution in [0.25, 0.3) is 0 Å². The van der Waals surface area contributed by atoms with Crippen molar-refractivity contribution < 1.29 is 14.7 Å². The van der Waals surface area contributed by atoms with Gasteiger partial charge in [-0.3, -0.25) is 9.59 Å². The fourth-order valence-electron chi connectivity index (χ4n) is 4.48. The van der Waals surface area contributed by atoms with Crippen LogP contribution in [-0.2, 0) is 9.59 Å². The van der Waals surface area contributed by atoms with Crippen molar-refractivity contribution in [2.45, 2.75) is 18.8 Å². The third-order valence-corrected chi connectivity index (χ3v) is 6.05. The van der Waals surface area contributed by atoms with Gasteiger partial charge in [-0.2, -0.15) is 0 Å². The molecule has 156 valence electrons. The van der Waals surface area contributed by atoms with Crippen LogP contribution in [-0.4, -0.2) is 17.0 Å². The Morgan fingerprint density at radius 1 is 0.710 bits per heavy atom. The van der Waals surface area contributed by atoms with Gasteiger partial charge in [0.1, 0.15) is 0 Å². The lowest BCUT2D eigenvalue weighted by molar-refractivity contribution is -0.147. The average molecular weight is 412 g/mol. The van der Waals surface area contributed by atoms with E-state index in [1.54, 1.807) is 0 Å². The molecule has 2 N–H and O–H groups in total. The summed E-state index contributed by atoms with van der Waals surface area (Å²) in [6.07, 6.45) is 3.94. The van der Waals surface area contributed by atoms with Gasteiger partial charge in [0.25, 0.3) is 0 Å². The van der Waals surface area contributed by atoms with Gasteiger partial charge in [0.2, 0.25) is 5.91 Å². The monoisotopic (exact) mass is 411 g/mol. The van der Waals surface area contributed by atoms with E-state index in [-0.39, 0.29) is 17.7 Å². The largest absolute Gasteiger partial charge is 0.481 e. The van der Waals surface area contributed by atoms with Crippen molar-refractivity contribution in [2.24, 2.45) is 11.8 Å². The number of hydrogen-bond acceptors (Lipinski definition) is 2. The minimum atomic E-state index is -0.968. The second-order valence-corrected chi connectivity index (χ2v) is 7.95. The zero-order valence-corrected chi connectivity index (χ0v) is 17.3. The number of carbonyl (C=O) groups excluding carboxylic acids is 1. The van der Waals surface area contributed by atoms with Gasteiger partial charge in [-0.25, -0.2) is 0 Å². The Kier molecular flexibility index (Phi) is 5.99. The molecule has 31 heavy (non-hydrogen) atoms. The van der Waals surface area contributed by atoms with E-state index in [1.807, 2.05) is 104 Å². The van der Waals surface area contributed by atoms with E-state index < -0.39 is 17.8 Å². The van der Waals surface area contributed by atoms with Crippen LogP contribution in [0.4, 0.5) is 5.69 Å². The summed E-state index contributed by atoms with van der Waals surface area (Å²) >= 11 is 0. The maximum atomic E-state index is 13.6. The normalized spacial score (nSPS) is 22.6. The van der Waals surface area contributed by atoms with Crippen molar-refractivity contribution in [1.82, 2.24) is 0 Å². The number of benzene rings is 3. The quantitative estimate of drug-likeness (QED) is 0.553. The summed E-state index contributed by atoms with van der Waals surface area (Å²) < 4.78 is 0. The minimum absolute atomic E-state index is 0.277. The molecule has 0 radical (unpaired) electrons. The van der Waals surface area contributed by atoms with E-state index in [0.717, 1.165) is 16.7 Å². The van der Waals surface area contributed by atoms with Crippen molar-refractivity contribution in [2.75, 3.05) is 5.32 Å². The number of rotatable bonds is 5. The number of hydrogen-bond donors (Lipinski definition) is 2. The minimum Gasteiger partial charge on any atom is -0.481 e. The Bertz CT molecular complexity index is 1090. The Morgan fingerprint density at radius 3 is 1.71 bits per heavy atom. The van der Waals surface area contributed by atoms with Crippen LogP contribution in [0.3, 0.4) is 0 Å². The fraction of sp³-hybridized carbons (Fsp3) is 0.185. The van der Waals surface area contributed by atoms with E-state index in [1.165, 1.54) is 0 Å². The molecular formula is C27H25NO3. The summed E-state index contributed by atoms with van der Waals surface area (Å²) in [5.41, 5.74) is 3.46. The molecule has 0 heterocycles. The fourth-order valence-corrected chi connectivity index (χ4v) is 4.48.